The number of nitrogens with two attached hydrogens (primary N) is 1. The van der Waals surface area contributed by atoms with Crippen molar-refractivity contribution in [1.82, 2.24) is 5.32 Å². The van der Waals surface area contributed by atoms with Crippen LogP contribution in [0.2, 0.25) is 0 Å². The first-order chi connectivity index (χ1) is 10.6. The number of amides is 3. The lowest BCUT2D eigenvalue weighted by atomic mass is 9.95. The van der Waals surface area contributed by atoms with E-state index in [-0.39, 0.29) is 12.1 Å². The minimum Gasteiger partial charge on any atom is -0.376 e. The zero-order chi connectivity index (χ0) is 15.5. The molecule has 120 valence electrons. The molecule has 1 atom stereocenters. The molecule has 0 spiro atoms. The number of hydrogen-bond donors (Lipinski definition) is 3. The number of anilines is 1. The fourth-order valence-electron chi connectivity index (χ4n) is 3.07. The van der Waals surface area contributed by atoms with Crippen molar-refractivity contribution in [2.45, 2.75) is 44.6 Å². The first kappa shape index (κ1) is 15.3. The van der Waals surface area contributed by atoms with E-state index in [0.717, 1.165) is 50.7 Å². The molecule has 2 aliphatic rings. The Balaban J connectivity index is 1.67. The van der Waals surface area contributed by atoms with Gasteiger partial charge in [0.05, 0.1) is 11.7 Å². The highest BCUT2D eigenvalue weighted by Crippen LogP contribution is 2.37. The topological polar surface area (TPSA) is 93.5 Å². The number of carbonyl (C=O) groups excluding carboxylic acids is 2. The van der Waals surface area contributed by atoms with Gasteiger partial charge in [-0.1, -0.05) is 0 Å². The van der Waals surface area contributed by atoms with E-state index in [1.165, 1.54) is 16.2 Å². The van der Waals surface area contributed by atoms with Crippen molar-refractivity contribution < 1.29 is 14.3 Å². The molecule has 1 fully saturated rings. The van der Waals surface area contributed by atoms with Gasteiger partial charge in [-0.2, -0.15) is 0 Å². The van der Waals surface area contributed by atoms with Crippen molar-refractivity contribution >= 4 is 28.3 Å². The maximum Gasteiger partial charge on any atom is 0.319 e. The van der Waals surface area contributed by atoms with Gasteiger partial charge in [0.25, 0.3) is 5.91 Å². The van der Waals surface area contributed by atoms with Crippen molar-refractivity contribution in [2.75, 3.05) is 18.5 Å². The van der Waals surface area contributed by atoms with Crippen LogP contribution in [0.3, 0.4) is 0 Å². The molecular weight excluding hydrogens is 302 g/mol. The van der Waals surface area contributed by atoms with Crippen LogP contribution in [-0.4, -0.2) is 31.2 Å². The van der Waals surface area contributed by atoms with E-state index in [1.54, 1.807) is 0 Å². The van der Waals surface area contributed by atoms with Gasteiger partial charge in [-0.15, -0.1) is 11.3 Å². The van der Waals surface area contributed by atoms with Crippen LogP contribution in [0.5, 0.6) is 0 Å². The molecule has 1 aromatic heterocycles. The van der Waals surface area contributed by atoms with Crippen molar-refractivity contribution in [3.05, 3.63) is 16.0 Å². The molecule has 22 heavy (non-hydrogen) atoms. The summed E-state index contributed by atoms with van der Waals surface area (Å²) in [5.41, 5.74) is 7.03. The normalized spacial score (nSPS) is 20.5. The van der Waals surface area contributed by atoms with E-state index < -0.39 is 5.91 Å². The molecule has 3 rings (SSSR count). The number of carbonyl (C=O) groups is 2. The number of primary amides is 1. The summed E-state index contributed by atoms with van der Waals surface area (Å²) in [6, 6.07) is -0.309. The Kier molecular flexibility index (Phi) is 4.63. The average Bonchev–Trinajstić information content (AvgIpc) is 3.11. The smallest absolute Gasteiger partial charge is 0.319 e. The van der Waals surface area contributed by atoms with E-state index in [4.69, 9.17) is 10.5 Å². The van der Waals surface area contributed by atoms with E-state index in [9.17, 15) is 9.59 Å². The predicted molar refractivity (Wildman–Crippen MR) is 85.5 cm³/mol. The largest absolute Gasteiger partial charge is 0.376 e. The van der Waals surface area contributed by atoms with Crippen LogP contribution >= 0.6 is 11.3 Å². The predicted octanol–water partition coefficient (Wildman–Crippen LogP) is 2.03. The molecule has 0 aromatic carbocycles. The van der Waals surface area contributed by atoms with E-state index in [1.807, 2.05) is 0 Å². The van der Waals surface area contributed by atoms with E-state index >= 15 is 0 Å². The van der Waals surface area contributed by atoms with Crippen molar-refractivity contribution in [1.29, 1.82) is 0 Å². The summed E-state index contributed by atoms with van der Waals surface area (Å²) < 4.78 is 5.47. The van der Waals surface area contributed by atoms with Crippen molar-refractivity contribution in [2.24, 2.45) is 5.73 Å². The molecule has 1 aromatic rings. The Hall–Kier alpha value is -1.60. The van der Waals surface area contributed by atoms with Gasteiger partial charge in [-0.05, 0) is 44.1 Å². The number of thiophene rings is 1. The van der Waals surface area contributed by atoms with E-state index in [2.05, 4.69) is 10.6 Å². The maximum atomic E-state index is 12.0. The van der Waals surface area contributed by atoms with Gasteiger partial charge < -0.3 is 15.8 Å². The molecule has 0 radical (unpaired) electrons. The summed E-state index contributed by atoms with van der Waals surface area (Å²) >= 11 is 1.47. The van der Waals surface area contributed by atoms with Crippen LogP contribution in [0.1, 0.15) is 46.5 Å². The summed E-state index contributed by atoms with van der Waals surface area (Å²) in [4.78, 5) is 24.9. The van der Waals surface area contributed by atoms with Crippen LogP contribution in [-0.2, 0) is 17.6 Å². The quantitative estimate of drug-likeness (QED) is 0.791. The number of rotatable bonds is 4. The lowest BCUT2D eigenvalue weighted by molar-refractivity contribution is 0.100. The molecular formula is C15H21N3O3S. The molecule has 0 bridgehead atoms. The van der Waals surface area contributed by atoms with Gasteiger partial charge in [0.2, 0.25) is 0 Å². The molecule has 1 saturated heterocycles. The Morgan fingerprint density at radius 1 is 1.27 bits per heavy atom. The molecule has 0 saturated carbocycles. The Bertz CT molecular complexity index is 579. The SMILES string of the molecule is NC(=O)c1c(NC(=O)NC[C@H]2CCCO2)sc2c1CCCC2. The number of nitrogens with one attached hydrogen (secondary N) is 2. The fraction of sp³-hybridized carbons (Fsp3) is 0.600. The van der Waals surface area contributed by atoms with Crippen molar-refractivity contribution in [3.8, 4) is 0 Å². The van der Waals surface area contributed by atoms with Gasteiger partial charge in [0.1, 0.15) is 5.00 Å². The maximum absolute atomic E-state index is 12.0. The lowest BCUT2D eigenvalue weighted by Gasteiger charge is -2.12. The van der Waals surface area contributed by atoms with Gasteiger partial charge in [-0.25, -0.2) is 4.79 Å². The molecule has 3 amide bonds. The highest BCUT2D eigenvalue weighted by molar-refractivity contribution is 7.17. The standard InChI is InChI=1S/C15H21N3O3S/c16-13(19)12-10-5-1-2-6-11(10)22-14(12)18-15(20)17-8-9-4-3-7-21-9/h9H,1-8H2,(H2,16,19)(H2,17,18,20)/t9-/m1/s1. The van der Waals surface area contributed by atoms with Crippen LogP contribution in [0.25, 0.3) is 0 Å². The molecule has 0 unspecified atom stereocenters. The average molecular weight is 323 g/mol. The molecule has 6 nitrogen and oxygen atoms in total. The van der Waals surface area contributed by atoms with Crippen molar-refractivity contribution in [3.63, 3.8) is 0 Å². The highest BCUT2D eigenvalue weighted by atomic mass is 32.1. The van der Waals surface area contributed by atoms with Crippen LogP contribution in [0.4, 0.5) is 9.80 Å². The summed E-state index contributed by atoms with van der Waals surface area (Å²) in [6.45, 7) is 1.25. The number of hydrogen-bond acceptors (Lipinski definition) is 4. The zero-order valence-corrected chi connectivity index (χ0v) is 13.3. The lowest BCUT2D eigenvalue weighted by Crippen LogP contribution is -2.35. The highest BCUT2D eigenvalue weighted by Gasteiger charge is 2.25. The third-order valence-electron chi connectivity index (χ3n) is 4.16. The van der Waals surface area contributed by atoms with Crippen LogP contribution in [0, 0.1) is 0 Å². The number of urea groups is 1. The second kappa shape index (κ2) is 6.66. The summed E-state index contributed by atoms with van der Waals surface area (Å²) in [6.07, 6.45) is 6.11. The van der Waals surface area contributed by atoms with Gasteiger partial charge >= 0.3 is 6.03 Å². The molecule has 2 heterocycles. The molecule has 4 N–H and O–H groups in total. The Labute approximate surface area is 133 Å². The number of aryl methyl sites for hydroxylation is 1. The van der Waals surface area contributed by atoms with Gasteiger partial charge in [0, 0.05) is 18.0 Å². The second-order valence-corrected chi connectivity index (χ2v) is 6.85. The third kappa shape index (κ3) is 3.25. The van der Waals surface area contributed by atoms with E-state index in [0.29, 0.717) is 17.1 Å². The van der Waals surface area contributed by atoms with Crippen LogP contribution < -0.4 is 16.4 Å². The summed E-state index contributed by atoms with van der Waals surface area (Å²) in [5, 5.41) is 6.16. The monoisotopic (exact) mass is 323 g/mol. The molecule has 7 heteroatoms. The first-order valence-electron chi connectivity index (χ1n) is 7.76. The minimum atomic E-state index is -0.464. The first-order valence-corrected chi connectivity index (χ1v) is 8.57. The fourth-order valence-corrected chi connectivity index (χ4v) is 4.36. The number of ether oxygens (including phenoxy) is 1. The Morgan fingerprint density at radius 2 is 2.09 bits per heavy atom. The zero-order valence-electron chi connectivity index (χ0n) is 12.4. The van der Waals surface area contributed by atoms with Gasteiger partial charge in [0.15, 0.2) is 0 Å². The molecule has 1 aliphatic heterocycles. The Morgan fingerprint density at radius 3 is 2.82 bits per heavy atom. The minimum absolute atomic E-state index is 0.0953. The summed E-state index contributed by atoms with van der Waals surface area (Å²) in [5.74, 6) is -0.464. The number of fused-ring (bicyclic) bond motifs is 1. The van der Waals surface area contributed by atoms with Gasteiger partial charge in [-0.3, -0.25) is 10.1 Å². The molecule has 1 aliphatic carbocycles. The third-order valence-corrected chi connectivity index (χ3v) is 5.37. The second-order valence-electron chi connectivity index (χ2n) is 5.75. The summed E-state index contributed by atoms with van der Waals surface area (Å²) in [7, 11) is 0. The van der Waals surface area contributed by atoms with Crippen LogP contribution in [0.15, 0.2) is 0 Å².